The lowest BCUT2D eigenvalue weighted by molar-refractivity contribution is -0.142. The summed E-state index contributed by atoms with van der Waals surface area (Å²) in [5.74, 6) is -0.315. The molecule has 0 bridgehead atoms. The quantitative estimate of drug-likeness (QED) is 0.632. The van der Waals surface area contributed by atoms with Crippen molar-refractivity contribution in [3.63, 3.8) is 0 Å². The van der Waals surface area contributed by atoms with Gasteiger partial charge in [-0.05, 0) is 11.1 Å². The Bertz CT molecular complexity index is 594. The molecule has 0 radical (unpaired) electrons. The summed E-state index contributed by atoms with van der Waals surface area (Å²) >= 11 is 0. The highest BCUT2D eigenvalue weighted by atomic mass is 16.7. The molecule has 2 unspecified atom stereocenters. The normalized spacial score (nSPS) is 24.1. The Morgan fingerprint density at radius 3 is 2.30 bits per heavy atom. The number of esters is 1. The SMILES string of the molecule is COC(=O)C1OC1(Cc1ccccc1)c1ccccc1. The summed E-state index contributed by atoms with van der Waals surface area (Å²) < 4.78 is 10.6. The first-order valence-electron chi connectivity index (χ1n) is 6.61. The lowest BCUT2D eigenvalue weighted by Gasteiger charge is -2.13. The lowest BCUT2D eigenvalue weighted by Crippen LogP contribution is -2.22. The molecule has 2 aromatic carbocycles. The van der Waals surface area contributed by atoms with Crippen LogP contribution in [-0.4, -0.2) is 19.2 Å². The van der Waals surface area contributed by atoms with Gasteiger partial charge < -0.3 is 9.47 Å². The number of methoxy groups -OCH3 is 1. The van der Waals surface area contributed by atoms with Crippen molar-refractivity contribution in [1.29, 1.82) is 0 Å². The van der Waals surface area contributed by atoms with Crippen LogP contribution in [0.25, 0.3) is 0 Å². The van der Waals surface area contributed by atoms with Gasteiger partial charge in [-0.3, -0.25) is 0 Å². The van der Waals surface area contributed by atoms with Crippen LogP contribution in [-0.2, 0) is 26.3 Å². The molecule has 1 aliphatic rings. The van der Waals surface area contributed by atoms with Crippen molar-refractivity contribution in [3.05, 3.63) is 71.8 Å². The highest BCUT2D eigenvalue weighted by Crippen LogP contribution is 2.49. The standard InChI is InChI=1S/C17H16O3/c1-19-16(18)15-17(20-15,14-10-6-3-7-11-14)12-13-8-4-2-5-9-13/h2-11,15H,12H2,1H3. The highest BCUT2D eigenvalue weighted by molar-refractivity contribution is 5.80. The summed E-state index contributed by atoms with van der Waals surface area (Å²) in [6.07, 6.45) is 0.146. The van der Waals surface area contributed by atoms with Crippen LogP contribution in [0.15, 0.2) is 60.7 Å². The van der Waals surface area contributed by atoms with E-state index in [1.165, 1.54) is 7.11 Å². The van der Waals surface area contributed by atoms with E-state index in [1.54, 1.807) is 0 Å². The molecule has 1 heterocycles. The molecule has 1 fully saturated rings. The molecule has 2 aromatic rings. The van der Waals surface area contributed by atoms with Crippen molar-refractivity contribution in [2.24, 2.45) is 0 Å². The zero-order valence-corrected chi connectivity index (χ0v) is 11.3. The van der Waals surface area contributed by atoms with Crippen molar-refractivity contribution >= 4 is 5.97 Å². The molecule has 0 aromatic heterocycles. The van der Waals surface area contributed by atoms with Crippen LogP contribution in [0.4, 0.5) is 0 Å². The van der Waals surface area contributed by atoms with Gasteiger partial charge in [-0.25, -0.2) is 4.79 Å². The highest BCUT2D eigenvalue weighted by Gasteiger charge is 2.62. The summed E-state index contributed by atoms with van der Waals surface area (Å²) in [7, 11) is 1.39. The van der Waals surface area contributed by atoms with Gasteiger partial charge >= 0.3 is 5.97 Å². The first-order valence-corrected chi connectivity index (χ1v) is 6.61. The molecule has 0 aliphatic carbocycles. The van der Waals surface area contributed by atoms with Crippen LogP contribution in [0.5, 0.6) is 0 Å². The molecule has 3 nitrogen and oxygen atoms in total. The number of carbonyl (C=O) groups excluding carboxylic acids is 1. The molecule has 0 N–H and O–H groups in total. The van der Waals surface area contributed by atoms with E-state index in [0.717, 1.165) is 11.1 Å². The smallest absolute Gasteiger partial charge is 0.338 e. The lowest BCUT2D eigenvalue weighted by atomic mass is 9.88. The Morgan fingerprint density at radius 2 is 1.70 bits per heavy atom. The summed E-state index contributed by atoms with van der Waals surface area (Å²) in [6.45, 7) is 0. The minimum absolute atomic E-state index is 0.315. The monoisotopic (exact) mass is 268 g/mol. The largest absolute Gasteiger partial charge is 0.467 e. The Balaban J connectivity index is 1.93. The topological polar surface area (TPSA) is 38.8 Å². The van der Waals surface area contributed by atoms with Crippen LogP contribution in [0.1, 0.15) is 11.1 Å². The molecular formula is C17H16O3. The van der Waals surface area contributed by atoms with Gasteiger partial charge in [-0.2, -0.15) is 0 Å². The Morgan fingerprint density at radius 1 is 1.10 bits per heavy atom. The van der Waals surface area contributed by atoms with Crippen LogP contribution in [0.2, 0.25) is 0 Å². The van der Waals surface area contributed by atoms with Crippen LogP contribution < -0.4 is 0 Å². The van der Waals surface area contributed by atoms with Gasteiger partial charge in [0.05, 0.1) is 7.11 Å². The molecule has 0 amide bonds. The van der Waals surface area contributed by atoms with Crippen molar-refractivity contribution in [3.8, 4) is 0 Å². The third-order valence-electron chi connectivity index (χ3n) is 3.68. The first-order chi connectivity index (χ1) is 9.76. The molecule has 3 heteroatoms. The van der Waals surface area contributed by atoms with E-state index in [1.807, 2.05) is 60.7 Å². The fourth-order valence-corrected chi connectivity index (χ4v) is 2.60. The predicted molar refractivity (Wildman–Crippen MR) is 75.2 cm³/mol. The second kappa shape index (κ2) is 5.10. The number of carbonyl (C=O) groups is 1. The van der Waals surface area contributed by atoms with Gasteiger partial charge in [0.15, 0.2) is 6.10 Å². The predicted octanol–water partition coefficient (Wildman–Crippen LogP) is 2.70. The van der Waals surface area contributed by atoms with Crippen molar-refractivity contribution in [2.75, 3.05) is 7.11 Å². The maximum Gasteiger partial charge on any atom is 0.338 e. The van der Waals surface area contributed by atoms with E-state index in [9.17, 15) is 4.79 Å². The number of hydrogen-bond acceptors (Lipinski definition) is 3. The summed E-state index contributed by atoms with van der Waals surface area (Å²) in [6, 6.07) is 19.9. The Kier molecular flexibility index (Phi) is 3.28. The minimum Gasteiger partial charge on any atom is -0.467 e. The van der Waals surface area contributed by atoms with Crippen molar-refractivity contribution < 1.29 is 14.3 Å². The van der Waals surface area contributed by atoms with E-state index in [2.05, 4.69) is 0 Å². The van der Waals surface area contributed by atoms with Crippen LogP contribution in [0, 0.1) is 0 Å². The molecule has 1 saturated heterocycles. The molecule has 0 saturated carbocycles. The number of benzene rings is 2. The number of hydrogen-bond donors (Lipinski definition) is 0. The van der Waals surface area contributed by atoms with Gasteiger partial charge in [0.1, 0.15) is 5.60 Å². The molecule has 1 aliphatic heterocycles. The zero-order chi connectivity index (χ0) is 14.0. The number of rotatable bonds is 4. The maximum atomic E-state index is 11.8. The average molecular weight is 268 g/mol. The summed E-state index contributed by atoms with van der Waals surface area (Å²) in [5.41, 5.74) is 1.57. The van der Waals surface area contributed by atoms with E-state index in [0.29, 0.717) is 6.42 Å². The van der Waals surface area contributed by atoms with Crippen molar-refractivity contribution in [1.82, 2.24) is 0 Å². The molecule has 20 heavy (non-hydrogen) atoms. The third kappa shape index (κ3) is 2.21. The number of ether oxygens (including phenoxy) is 2. The molecule has 0 spiro atoms. The molecular weight excluding hydrogens is 252 g/mol. The fourth-order valence-electron chi connectivity index (χ4n) is 2.60. The molecule has 102 valence electrons. The first kappa shape index (κ1) is 12.9. The van der Waals surface area contributed by atoms with Gasteiger partial charge in [-0.15, -0.1) is 0 Å². The van der Waals surface area contributed by atoms with Gasteiger partial charge in [0.2, 0.25) is 0 Å². The molecule has 3 rings (SSSR count). The summed E-state index contributed by atoms with van der Waals surface area (Å²) in [4.78, 5) is 11.8. The van der Waals surface area contributed by atoms with Gasteiger partial charge in [-0.1, -0.05) is 60.7 Å². The Hall–Kier alpha value is -2.13. The van der Waals surface area contributed by atoms with E-state index in [4.69, 9.17) is 9.47 Å². The number of epoxide rings is 1. The van der Waals surface area contributed by atoms with Gasteiger partial charge in [0.25, 0.3) is 0 Å². The second-order valence-corrected chi connectivity index (χ2v) is 4.94. The maximum absolute atomic E-state index is 11.8. The minimum atomic E-state index is -0.588. The second-order valence-electron chi connectivity index (χ2n) is 4.94. The third-order valence-corrected chi connectivity index (χ3v) is 3.68. The van der Waals surface area contributed by atoms with Gasteiger partial charge in [0, 0.05) is 6.42 Å². The van der Waals surface area contributed by atoms with E-state index >= 15 is 0 Å². The fraction of sp³-hybridized carbons (Fsp3) is 0.235. The summed E-state index contributed by atoms with van der Waals surface area (Å²) in [5, 5.41) is 0. The van der Waals surface area contributed by atoms with E-state index < -0.39 is 11.7 Å². The van der Waals surface area contributed by atoms with Crippen molar-refractivity contribution in [2.45, 2.75) is 18.1 Å². The Labute approximate surface area is 118 Å². The molecule has 2 atom stereocenters. The van der Waals surface area contributed by atoms with Crippen LogP contribution in [0.3, 0.4) is 0 Å². The zero-order valence-electron chi connectivity index (χ0n) is 11.3. The van der Waals surface area contributed by atoms with E-state index in [-0.39, 0.29) is 5.97 Å². The van der Waals surface area contributed by atoms with Crippen LogP contribution >= 0.6 is 0 Å². The average Bonchev–Trinajstić information content (AvgIpc) is 3.24.